The lowest BCUT2D eigenvalue weighted by Crippen LogP contribution is -2.53. The Morgan fingerprint density at radius 2 is 1.62 bits per heavy atom. The van der Waals surface area contributed by atoms with Crippen LogP contribution >= 0.6 is 0 Å². The van der Waals surface area contributed by atoms with E-state index < -0.39 is 5.92 Å². The number of benzene rings is 1. The van der Waals surface area contributed by atoms with Gasteiger partial charge in [-0.3, -0.25) is 9.59 Å². The maximum atomic E-state index is 12.9. The third-order valence-electron chi connectivity index (χ3n) is 6.89. The van der Waals surface area contributed by atoms with Gasteiger partial charge >= 0.3 is 5.97 Å². The van der Waals surface area contributed by atoms with Gasteiger partial charge in [-0.2, -0.15) is 0 Å². The van der Waals surface area contributed by atoms with Crippen molar-refractivity contribution in [2.24, 2.45) is 23.7 Å². The summed E-state index contributed by atoms with van der Waals surface area (Å²) in [6, 6.07) is 7.68. The van der Waals surface area contributed by atoms with Crippen molar-refractivity contribution in [3.8, 4) is 0 Å². The van der Waals surface area contributed by atoms with Gasteiger partial charge in [0, 0.05) is 5.56 Å². The Labute approximate surface area is 142 Å². The maximum absolute atomic E-state index is 12.9. The first-order valence-corrected chi connectivity index (χ1v) is 9.47. The van der Waals surface area contributed by atoms with Crippen LogP contribution in [-0.4, -0.2) is 17.4 Å². The van der Waals surface area contributed by atoms with E-state index in [1.54, 1.807) is 0 Å². The number of Topliss-reactive ketones (excluding diaryl/α,β-unsaturated/α-hetero) is 1. The summed E-state index contributed by atoms with van der Waals surface area (Å²) in [5.41, 5.74) is 1.54. The van der Waals surface area contributed by atoms with Crippen LogP contribution in [-0.2, 0) is 16.0 Å². The molecule has 0 saturated heterocycles. The fraction of sp³-hybridized carbons (Fsp3) is 0.619. The molecule has 0 amide bonds. The van der Waals surface area contributed by atoms with Gasteiger partial charge in [-0.1, -0.05) is 24.3 Å². The van der Waals surface area contributed by atoms with Crippen molar-refractivity contribution in [2.45, 2.75) is 57.0 Å². The van der Waals surface area contributed by atoms with Crippen molar-refractivity contribution in [1.29, 1.82) is 0 Å². The SMILES string of the molecule is O=C(OC12CC3CC(CC(C3)C1)C2)[C@H]1CCc2ccccc2C1=O. The first-order chi connectivity index (χ1) is 11.6. The smallest absolute Gasteiger partial charge is 0.317 e. The number of rotatable bonds is 2. The summed E-state index contributed by atoms with van der Waals surface area (Å²) in [6.07, 6.45) is 8.46. The summed E-state index contributed by atoms with van der Waals surface area (Å²) >= 11 is 0. The number of aryl methyl sites for hydroxylation is 1. The lowest BCUT2D eigenvalue weighted by molar-refractivity contribution is -0.189. The van der Waals surface area contributed by atoms with E-state index in [1.807, 2.05) is 24.3 Å². The highest BCUT2D eigenvalue weighted by Crippen LogP contribution is 2.57. The van der Waals surface area contributed by atoms with E-state index in [0.717, 1.165) is 54.6 Å². The molecule has 1 aromatic rings. The Hall–Kier alpha value is -1.64. The molecule has 24 heavy (non-hydrogen) atoms. The largest absolute Gasteiger partial charge is 0.458 e. The average Bonchev–Trinajstić information content (AvgIpc) is 2.53. The van der Waals surface area contributed by atoms with E-state index in [2.05, 4.69) is 0 Å². The number of ether oxygens (including phenoxy) is 1. The molecule has 3 heteroatoms. The molecule has 0 spiro atoms. The van der Waals surface area contributed by atoms with Crippen molar-refractivity contribution < 1.29 is 14.3 Å². The standard InChI is InChI=1S/C21H24O3/c22-19-17-4-2-1-3-16(17)5-6-18(19)20(23)24-21-10-13-7-14(11-21)9-15(8-13)12-21/h1-4,13-15,18H,5-12H2/t13?,14?,15?,18-,21?/m0/s1. The second-order valence-electron chi connectivity index (χ2n) is 8.63. The number of hydrogen-bond donors (Lipinski definition) is 0. The summed E-state index contributed by atoms with van der Waals surface area (Å²) in [7, 11) is 0. The van der Waals surface area contributed by atoms with Crippen LogP contribution in [0.5, 0.6) is 0 Å². The topological polar surface area (TPSA) is 43.4 Å². The molecule has 0 unspecified atom stereocenters. The zero-order valence-corrected chi connectivity index (χ0v) is 14.0. The van der Waals surface area contributed by atoms with Crippen LogP contribution in [0.1, 0.15) is 60.9 Å². The fourth-order valence-electron chi connectivity index (χ4n) is 6.26. The average molecular weight is 324 g/mol. The number of carbonyl (C=O) groups excluding carboxylic acids is 2. The van der Waals surface area contributed by atoms with Crippen LogP contribution in [0.3, 0.4) is 0 Å². The Morgan fingerprint density at radius 1 is 1.00 bits per heavy atom. The molecule has 0 N–H and O–H groups in total. The van der Waals surface area contributed by atoms with Crippen molar-refractivity contribution in [3.05, 3.63) is 35.4 Å². The van der Waals surface area contributed by atoms with Gasteiger partial charge in [0.05, 0.1) is 0 Å². The number of hydrogen-bond acceptors (Lipinski definition) is 3. The molecule has 3 nitrogen and oxygen atoms in total. The van der Waals surface area contributed by atoms with Gasteiger partial charge in [0.1, 0.15) is 11.5 Å². The molecule has 5 aliphatic carbocycles. The zero-order chi connectivity index (χ0) is 16.3. The highest BCUT2D eigenvalue weighted by Gasteiger charge is 2.54. The third kappa shape index (κ3) is 2.24. The third-order valence-corrected chi connectivity index (χ3v) is 6.89. The van der Waals surface area contributed by atoms with Crippen LogP contribution in [0.15, 0.2) is 24.3 Å². The van der Waals surface area contributed by atoms with Gasteiger partial charge < -0.3 is 4.74 Å². The number of ketones is 1. The summed E-state index contributed by atoms with van der Waals surface area (Å²) in [6.45, 7) is 0. The van der Waals surface area contributed by atoms with Crippen molar-refractivity contribution >= 4 is 11.8 Å². The van der Waals surface area contributed by atoms with Crippen LogP contribution in [0, 0.1) is 23.7 Å². The predicted molar refractivity (Wildman–Crippen MR) is 89.6 cm³/mol. The maximum Gasteiger partial charge on any atom is 0.317 e. The minimum Gasteiger partial charge on any atom is -0.458 e. The fourth-order valence-corrected chi connectivity index (χ4v) is 6.26. The summed E-state index contributed by atoms with van der Waals surface area (Å²) in [5, 5.41) is 0. The summed E-state index contributed by atoms with van der Waals surface area (Å²) in [5.74, 6) is 1.35. The van der Waals surface area contributed by atoms with Crippen LogP contribution < -0.4 is 0 Å². The minimum absolute atomic E-state index is 0.0356. The Morgan fingerprint density at radius 3 is 2.29 bits per heavy atom. The van der Waals surface area contributed by atoms with Gasteiger partial charge in [-0.25, -0.2) is 0 Å². The molecular formula is C21H24O3. The quantitative estimate of drug-likeness (QED) is 0.611. The summed E-state index contributed by atoms with van der Waals surface area (Å²) in [4.78, 5) is 25.6. The lowest BCUT2D eigenvalue weighted by Gasteiger charge is -2.55. The zero-order valence-electron chi connectivity index (χ0n) is 14.0. The number of esters is 1. The normalized spacial score (nSPS) is 39.6. The molecular weight excluding hydrogens is 300 g/mol. The highest BCUT2D eigenvalue weighted by atomic mass is 16.6. The molecule has 4 bridgehead atoms. The predicted octanol–water partition coefficient (Wildman–Crippen LogP) is 3.94. The molecule has 6 rings (SSSR count). The lowest BCUT2D eigenvalue weighted by atomic mass is 9.54. The van der Waals surface area contributed by atoms with E-state index >= 15 is 0 Å². The molecule has 0 heterocycles. The molecule has 4 saturated carbocycles. The highest BCUT2D eigenvalue weighted by molar-refractivity contribution is 6.10. The molecule has 0 radical (unpaired) electrons. The van der Waals surface area contributed by atoms with Crippen molar-refractivity contribution in [2.75, 3.05) is 0 Å². The molecule has 0 aromatic heterocycles. The van der Waals surface area contributed by atoms with E-state index in [4.69, 9.17) is 4.74 Å². The van der Waals surface area contributed by atoms with Gasteiger partial charge in [0.15, 0.2) is 5.78 Å². The van der Waals surface area contributed by atoms with Gasteiger partial charge in [-0.15, -0.1) is 0 Å². The van der Waals surface area contributed by atoms with Crippen LogP contribution in [0.4, 0.5) is 0 Å². The second-order valence-corrected chi connectivity index (χ2v) is 8.63. The second kappa shape index (κ2) is 5.18. The molecule has 0 aliphatic heterocycles. The summed E-state index contributed by atoms with van der Waals surface area (Å²) < 4.78 is 6.12. The Bertz CT molecular complexity index is 670. The number of carbonyl (C=O) groups is 2. The van der Waals surface area contributed by atoms with E-state index in [1.165, 1.54) is 19.3 Å². The monoisotopic (exact) mass is 324 g/mol. The van der Waals surface area contributed by atoms with Gasteiger partial charge in [-0.05, 0) is 74.7 Å². The first-order valence-electron chi connectivity index (χ1n) is 9.47. The minimum atomic E-state index is -0.590. The van der Waals surface area contributed by atoms with Crippen molar-refractivity contribution in [3.63, 3.8) is 0 Å². The molecule has 5 aliphatic rings. The number of fused-ring (bicyclic) bond motifs is 1. The Balaban J connectivity index is 1.35. The molecule has 1 aromatic carbocycles. The molecule has 1 atom stereocenters. The van der Waals surface area contributed by atoms with Gasteiger partial charge in [0.25, 0.3) is 0 Å². The van der Waals surface area contributed by atoms with Crippen molar-refractivity contribution in [1.82, 2.24) is 0 Å². The first kappa shape index (κ1) is 14.7. The van der Waals surface area contributed by atoms with E-state index in [-0.39, 0.29) is 17.4 Å². The molecule has 126 valence electrons. The molecule has 4 fully saturated rings. The Kier molecular flexibility index (Phi) is 3.17. The van der Waals surface area contributed by atoms with Crippen LogP contribution in [0.25, 0.3) is 0 Å². The van der Waals surface area contributed by atoms with E-state index in [0.29, 0.717) is 6.42 Å². The van der Waals surface area contributed by atoms with Gasteiger partial charge in [0.2, 0.25) is 0 Å². The van der Waals surface area contributed by atoms with E-state index in [9.17, 15) is 9.59 Å². The van der Waals surface area contributed by atoms with Crippen LogP contribution in [0.2, 0.25) is 0 Å².